The fourth-order valence-corrected chi connectivity index (χ4v) is 3.15. The quantitative estimate of drug-likeness (QED) is 0.681. The Morgan fingerprint density at radius 1 is 0.792 bits per heavy atom. The number of hydrogen-bond donors (Lipinski definition) is 0. The minimum atomic E-state index is -0.128. The number of carbonyl (C=O) groups excluding carboxylic acids is 1. The Bertz CT molecular complexity index is 753. The van der Waals surface area contributed by atoms with E-state index in [4.69, 9.17) is 4.42 Å². The number of hydrogen-bond acceptors (Lipinski definition) is 4. The van der Waals surface area contributed by atoms with E-state index in [1.807, 2.05) is 36.4 Å². The van der Waals surface area contributed by atoms with E-state index in [0.717, 1.165) is 11.4 Å². The maximum absolute atomic E-state index is 12.7. The number of benzene rings is 2. The molecule has 2 aromatic carbocycles. The number of rotatable bonds is 4. The summed E-state index contributed by atoms with van der Waals surface area (Å²) in [6, 6.07) is 23.8. The maximum Gasteiger partial charge on any atom is 0.204 e. The van der Waals surface area contributed by atoms with Gasteiger partial charge in [-0.15, -0.1) is 0 Å². The average molecular weight is 318 g/mol. The van der Waals surface area contributed by atoms with Crippen LogP contribution in [-0.4, -0.2) is 18.9 Å². The molecular formula is C20H18N2O2. The molecule has 1 aromatic heterocycles. The molecule has 120 valence electrons. The standard InChI is InChI=1S/C20H18N2O2/c23-20(19-12-7-13-24-19)16-14-21(17-8-3-1-4-9-17)22(15-16)18-10-5-2-6-11-18/h1-13,16H,14-15H2. The van der Waals surface area contributed by atoms with E-state index in [1.165, 1.54) is 0 Å². The van der Waals surface area contributed by atoms with E-state index in [2.05, 4.69) is 34.3 Å². The number of ketones is 1. The molecule has 3 aromatic rings. The van der Waals surface area contributed by atoms with Crippen LogP contribution in [0.15, 0.2) is 83.5 Å². The summed E-state index contributed by atoms with van der Waals surface area (Å²) in [6.07, 6.45) is 1.55. The molecule has 0 aliphatic carbocycles. The highest BCUT2D eigenvalue weighted by atomic mass is 16.3. The second kappa shape index (κ2) is 6.24. The van der Waals surface area contributed by atoms with E-state index < -0.39 is 0 Å². The van der Waals surface area contributed by atoms with Crippen LogP contribution in [0.1, 0.15) is 10.6 Å². The lowest BCUT2D eigenvalue weighted by atomic mass is 10.0. The van der Waals surface area contributed by atoms with Crippen molar-refractivity contribution in [2.75, 3.05) is 23.1 Å². The second-order valence-corrected chi connectivity index (χ2v) is 5.87. The van der Waals surface area contributed by atoms with Crippen molar-refractivity contribution in [3.05, 3.63) is 84.8 Å². The number of para-hydroxylation sites is 2. The van der Waals surface area contributed by atoms with Gasteiger partial charge < -0.3 is 4.42 Å². The predicted molar refractivity (Wildman–Crippen MR) is 94.1 cm³/mol. The van der Waals surface area contributed by atoms with Gasteiger partial charge in [0.25, 0.3) is 0 Å². The van der Waals surface area contributed by atoms with E-state index in [9.17, 15) is 4.79 Å². The highest BCUT2D eigenvalue weighted by Crippen LogP contribution is 2.30. The zero-order chi connectivity index (χ0) is 16.4. The zero-order valence-corrected chi connectivity index (χ0v) is 13.2. The molecule has 0 atom stereocenters. The monoisotopic (exact) mass is 318 g/mol. The highest BCUT2D eigenvalue weighted by molar-refractivity contribution is 5.96. The van der Waals surface area contributed by atoms with E-state index in [-0.39, 0.29) is 11.7 Å². The van der Waals surface area contributed by atoms with Crippen molar-refractivity contribution < 1.29 is 9.21 Å². The number of anilines is 2. The van der Waals surface area contributed by atoms with E-state index in [1.54, 1.807) is 18.4 Å². The first-order valence-electron chi connectivity index (χ1n) is 8.06. The third kappa shape index (κ3) is 2.67. The maximum atomic E-state index is 12.7. The molecule has 4 heteroatoms. The average Bonchev–Trinajstić information content (AvgIpc) is 3.33. The van der Waals surface area contributed by atoms with Crippen molar-refractivity contribution in [1.29, 1.82) is 0 Å². The molecule has 2 heterocycles. The first-order chi connectivity index (χ1) is 11.8. The van der Waals surface area contributed by atoms with Gasteiger partial charge in [0.2, 0.25) is 5.78 Å². The van der Waals surface area contributed by atoms with Gasteiger partial charge >= 0.3 is 0 Å². The lowest BCUT2D eigenvalue weighted by molar-refractivity contribution is 0.0910. The number of hydrazine groups is 1. The van der Waals surface area contributed by atoms with Gasteiger partial charge in [-0.2, -0.15) is 0 Å². The fraction of sp³-hybridized carbons (Fsp3) is 0.150. The molecule has 4 rings (SSSR count). The summed E-state index contributed by atoms with van der Waals surface area (Å²) in [5, 5.41) is 4.34. The topological polar surface area (TPSA) is 36.7 Å². The molecule has 0 spiro atoms. The lowest BCUT2D eigenvalue weighted by Gasteiger charge is -2.31. The molecular weight excluding hydrogens is 300 g/mol. The molecule has 24 heavy (non-hydrogen) atoms. The number of Topliss-reactive ketones (excluding diaryl/α,β-unsaturated/α-hetero) is 1. The Morgan fingerprint density at radius 2 is 1.33 bits per heavy atom. The predicted octanol–water partition coefficient (Wildman–Crippen LogP) is 4.02. The SMILES string of the molecule is O=C(c1ccco1)C1CN(c2ccccc2)N(c2ccccc2)C1. The Labute approximate surface area is 140 Å². The third-order valence-electron chi connectivity index (χ3n) is 4.32. The fourth-order valence-electron chi connectivity index (χ4n) is 3.15. The van der Waals surface area contributed by atoms with Crippen LogP contribution in [-0.2, 0) is 0 Å². The van der Waals surface area contributed by atoms with Crippen LogP contribution in [0.5, 0.6) is 0 Å². The van der Waals surface area contributed by atoms with Crippen LogP contribution < -0.4 is 10.0 Å². The summed E-state index contributed by atoms with van der Waals surface area (Å²) in [4.78, 5) is 12.7. The molecule has 4 nitrogen and oxygen atoms in total. The largest absolute Gasteiger partial charge is 0.461 e. The molecule has 0 unspecified atom stereocenters. The summed E-state index contributed by atoms with van der Waals surface area (Å²) in [7, 11) is 0. The summed E-state index contributed by atoms with van der Waals surface area (Å²) >= 11 is 0. The molecule has 1 saturated heterocycles. The minimum absolute atomic E-state index is 0.0550. The molecule has 1 fully saturated rings. The highest BCUT2D eigenvalue weighted by Gasteiger charge is 2.36. The van der Waals surface area contributed by atoms with Crippen LogP contribution in [0.4, 0.5) is 11.4 Å². The van der Waals surface area contributed by atoms with Gasteiger partial charge in [0, 0.05) is 0 Å². The van der Waals surface area contributed by atoms with Crippen molar-refractivity contribution in [2.45, 2.75) is 0 Å². The van der Waals surface area contributed by atoms with Crippen LogP contribution in [0.3, 0.4) is 0 Å². The van der Waals surface area contributed by atoms with Crippen LogP contribution >= 0.6 is 0 Å². The van der Waals surface area contributed by atoms with Crippen LogP contribution in [0.25, 0.3) is 0 Å². The summed E-state index contributed by atoms with van der Waals surface area (Å²) in [5.41, 5.74) is 2.16. The first-order valence-corrected chi connectivity index (χ1v) is 8.06. The molecule has 1 aliphatic rings. The Balaban J connectivity index is 1.66. The Kier molecular flexibility index (Phi) is 3.79. The molecule has 1 aliphatic heterocycles. The van der Waals surface area contributed by atoms with Gasteiger partial charge in [-0.25, -0.2) is 0 Å². The van der Waals surface area contributed by atoms with Crippen molar-refractivity contribution in [3.8, 4) is 0 Å². The van der Waals surface area contributed by atoms with Gasteiger partial charge in [0.05, 0.1) is 36.6 Å². The minimum Gasteiger partial charge on any atom is -0.461 e. The summed E-state index contributed by atoms with van der Waals surface area (Å²) in [5.74, 6) is 0.360. The Morgan fingerprint density at radius 3 is 1.79 bits per heavy atom. The lowest BCUT2D eigenvalue weighted by Crippen LogP contribution is -2.36. The van der Waals surface area contributed by atoms with Crippen LogP contribution in [0.2, 0.25) is 0 Å². The normalized spacial score (nSPS) is 15.0. The summed E-state index contributed by atoms with van der Waals surface area (Å²) in [6.45, 7) is 1.27. The van der Waals surface area contributed by atoms with Crippen molar-refractivity contribution in [3.63, 3.8) is 0 Å². The van der Waals surface area contributed by atoms with Gasteiger partial charge in [0.1, 0.15) is 0 Å². The number of nitrogens with zero attached hydrogens (tertiary/aromatic N) is 2. The van der Waals surface area contributed by atoms with Crippen molar-refractivity contribution >= 4 is 17.2 Å². The molecule has 0 bridgehead atoms. The third-order valence-corrected chi connectivity index (χ3v) is 4.32. The van der Waals surface area contributed by atoms with Gasteiger partial charge in [0.15, 0.2) is 5.76 Å². The molecule has 0 saturated carbocycles. The molecule has 0 radical (unpaired) electrons. The zero-order valence-electron chi connectivity index (χ0n) is 13.2. The van der Waals surface area contributed by atoms with Gasteiger partial charge in [-0.1, -0.05) is 36.4 Å². The number of furan rings is 1. The van der Waals surface area contributed by atoms with Gasteiger partial charge in [-0.3, -0.25) is 14.8 Å². The summed E-state index contributed by atoms with van der Waals surface area (Å²) < 4.78 is 5.30. The van der Waals surface area contributed by atoms with Gasteiger partial charge in [-0.05, 0) is 36.4 Å². The van der Waals surface area contributed by atoms with Crippen molar-refractivity contribution in [2.24, 2.45) is 5.92 Å². The van der Waals surface area contributed by atoms with E-state index >= 15 is 0 Å². The first kappa shape index (κ1) is 14.6. The second-order valence-electron chi connectivity index (χ2n) is 5.87. The molecule has 0 amide bonds. The number of carbonyl (C=O) groups is 1. The van der Waals surface area contributed by atoms with Crippen molar-refractivity contribution in [1.82, 2.24) is 0 Å². The van der Waals surface area contributed by atoms with Crippen LogP contribution in [0, 0.1) is 5.92 Å². The van der Waals surface area contributed by atoms with E-state index in [0.29, 0.717) is 18.8 Å². The molecule has 0 N–H and O–H groups in total. The smallest absolute Gasteiger partial charge is 0.204 e. The Hall–Kier alpha value is -3.01.